The summed E-state index contributed by atoms with van der Waals surface area (Å²) in [7, 11) is -12.0. The van der Waals surface area contributed by atoms with E-state index in [9.17, 15) is 43.2 Å². The zero-order chi connectivity index (χ0) is 18.6. The molecule has 0 spiro atoms. The Bertz CT molecular complexity index is 622. The maximum Gasteiger partial charge on any atom is 0.523 e. The van der Waals surface area contributed by atoms with Crippen molar-refractivity contribution in [2.24, 2.45) is 0 Å². The summed E-state index contributed by atoms with van der Waals surface area (Å²) in [6.07, 6.45) is -6.72. The van der Waals surface area contributed by atoms with Gasteiger partial charge in [0.15, 0.2) is 0 Å². The van der Waals surface area contributed by atoms with Gasteiger partial charge in [-0.3, -0.25) is 8.37 Å². The molecule has 2 heterocycles. The number of hydrogen-bond donors (Lipinski definition) is 0. The molecule has 0 radical (unpaired) electrons. The molecule has 0 amide bonds. The molecule has 2 fully saturated rings. The van der Waals surface area contributed by atoms with Crippen LogP contribution in [0.25, 0.3) is 0 Å². The lowest BCUT2D eigenvalue weighted by molar-refractivity contribution is -0.0651. The molecule has 0 saturated carbocycles. The first-order chi connectivity index (χ1) is 10.7. The van der Waals surface area contributed by atoms with E-state index in [1.807, 2.05) is 0 Å². The number of fused-ring (bicyclic) bond motifs is 1. The van der Waals surface area contributed by atoms with Gasteiger partial charge in [-0.05, 0) is 0 Å². The summed E-state index contributed by atoms with van der Waals surface area (Å²) >= 11 is 0. The highest BCUT2D eigenvalue weighted by atomic mass is 32.2. The highest BCUT2D eigenvalue weighted by Gasteiger charge is 2.57. The standard InChI is InChI=1S/C8H8F6O8S2/c9-7(10,11)23(15,16)21-3-1-19-6-4(2-20-5(3)6)22-24(17,18)8(12,13)14/h3-6H,1-2H2. The highest BCUT2D eigenvalue weighted by molar-refractivity contribution is 7.87. The van der Waals surface area contributed by atoms with Crippen molar-refractivity contribution in [3.05, 3.63) is 0 Å². The Labute approximate surface area is 130 Å². The van der Waals surface area contributed by atoms with Gasteiger partial charge >= 0.3 is 31.3 Å². The van der Waals surface area contributed by atoms with Crippen LogP contribution in [-0.2, 0) is 38.1 Å². The van der Waals surface area contributed by atoms with E-state index < -0.39 is 68.9 Å². The largest absolute Gasteiger partial charge is 0.523 e. The Hall–Kier alpha value is -0.680. The van der Waals surface area contributed by atoms with E-state index >= 15 is 0 Å². The van der Waals surface area contributed by atoms with E-state index in [-0.39, 0.29) is 0 Å². The molecule has 0 aromatic rings. The summed E-state index contributed by atoms with van der Waals surface area (Å²) < 4.78 is 134. The minimum atomic E-state index is -5.99. The SMILES string of the molecule is O=S(=O)(OC1COC2C(OS(=O)(=O)C(F)(F)F)COC12)C(F)(F)F. The smallest absolute Gasteiger partial charge is 0.370 e. The lowest BCUT2D eigenvalue weighted by atomic mass is 10.1. The van der Waals surface area contributed by atoms with E-state index in [1.165, 1.54) is 0 Å². The number of ether oxygens (including phenoxy) is 2. The number of halogens is 6. The van der Waals surface area contributed by atoms with E-state index in [1.54, 1.807) is 0 Å². The first-order valence-electron chi connectivity index (χ1n) is 5.88. The average Bonchev–Trinajstić information content (AvgIpc) is 2.90. The van der Waals surface area contributed by atoms with Crippen LogP contribution in [-0.4, -0.2) is 65.5 Å². The summed E-state index contributed by atoms with van der Waals surface area (Å²) in [5.74, 6) is 0. The first-order valence-corrected chi connectivity index (χ1v) is 8.70. The van der Waals surface area contributed by atoms with Crippen LogP contribution in [0.4, 0.5) is 26.3 Å². The maximum atomic E-state index is 12.2. The molecule has 2 rings (SSSR count). The van der Waals surface area contributed by atoms with E-state index in [0.29, 0.717) is 0 Å². The van der Waals surface area contributed by atoms with Crippen molar-refractivity contribution < 1.29 is 61.0 Å². The normalized spacial score (nSPS) is 32.1. The van der Waals surface area contributed by atoms with Gasteiger partial charge in [-0.15, -0.1) is 0 Å². The summed E-state index contributed by atoms with van der Waals surface area (Å²) in [5.41, 5.74) is -11.4. The fourth-order valence-electron chi connectivity index (χ4n) is 2.03. The summed E-state index contributed by atoms with van der Waals surface area (Å²) in [5, 5.41) is 0. The van der Waals surface area contributed by atoms with Gasteiger partial charge in [0.05, 0.1) is 13.2 Å². The molecule has 2 saturated heterocycles. The Balaban J connectivity index is 2.08. The Morgan fingerprint density at radius 2 is 1.00 bits per heavy atom. The van der Waals surface area contributed by atoms with Crippen LogP contribution in [0.3, 0.4) is 0 Å². The van der Waals surface area contributed by atoms with Crippen LogP contribution < -0.4 is 0 Å². The fourth-order valence-corrected chi connectivity index (χ4v) is 3.23. The van der Waals surface area contributed by atoms with Crippen molar-refractivity contribution in [3.63, 3.8) is 0 Å². The third-order valence-corrected chi connectivity index (χ3v) is 5.17. The van der Waals surface area contributed by atoms with E-state index in [4.69, 9.17) is 9.47 Å². The summed E-state index contributed by atoms with van der Waals surface area (Å²) in [6.45, 7) is -1.56. The van der Waals surface area contributed by atoms with Crippen molar-refractivity contribution in [3.8, 4) is 0 Å². The van der Waals surface area contributed by atoms with Crippen molar-refractivity contribution in [1.82, 2.24) is 0 Å². The van der Waals surface area contributed by atoms with Crippen LogP contribution in [0.5, 0.6) is 0 Å². The van der Waals surface area contributed by atoms with E-state index in [2.05, 4.69) is 8.37 Å². The second-order valence-corrected chi connectivity index (χ2v) is 7.79. The molecule has 0 aliphatic carbocycles. The molecule has 0 aromatic heterocycles. The lowest BCUT2D eigenvalue weighted by Crippen LogP contribution is -2.39. The lowest BCUT2D eigenvalue weighted by Gasteiger charge is -2.18. The molecule has 4 unspecified atom stereocenters. The number of rotatable bonds is 4. The molecule has 16 heteroatoms. The molecule has 2 aliphatic rings. The predicted molar refractivity (Wildman–Crippen MR) is 59.2 cm³/mol. The quantitative estimate of drug-likeness (QED) is 0.369. The molecule has 0 N–H and O–H groups in total. The highest BCUT2D eigenvalue weighted by Crippen LogP contribution is 2.36. The van der Waals surface area contributed by atoms with E-state index in [0.717, 1.165) is 0 Å². The molecular formula is C8H8F6O8S2. The minimum absolute atomic E-state index is 0.781. The van der Waals surface area contributed by atoms with Crippen LogP contribution in [0.1, 0.15) is 0 Å². The zero-order valence-electron chi connectivity index (χ0n) is 11.1. The Morgan fingerprint density at radius 3 is 1.25 bits per heavy atom. The predicted octanol–water partition coefficient (Wildman–Crippen LogP) is 0.254. The fraction of sp³-hybridized carbons (Fsp3) is 1.00. The Morgan fingerprint density at radius 1 is 0.708 bits per heavy atom. The first kappa shape index (κ1) is 19.6. The average molecular weight is 410 g/mol. The molecule has 24 heavy (non-hydrogen) atoms. The van der Waals surface area contributed by atoms with Crippen LogP contribution in [0.15, 0.2) is 0 Å². The van der Waals surface area contributed by atoms with Gasteiger partial charge in [0.1, 0.15) is 24.4 Å². The second kappa shape index (κ2) is 5.94. The maximum absolute atomic E-state index is 12.2. The van der Waals surface area contributed by atoms with Crippen molar-refractivity contribution in [2.75, 3.05) is 13.2 Å². The van der Waals surface area contributed by atoms with Crippen molar-refractivity contribution >= 4 is 20.2 Å². The van der Waals surface area contributed by atoms with Crippen molar-refractivity contribution in [2.45, 2.75) is 35.4 Å². The number of hydrogen-bond acceptors (Lipinski definition) is 8. The Kier molecular flexibility index (Phi) is 4.86. The third kappa shape index (κ3) is 3.62. The molecule has 0 aromatic carbocycles. The molecule has 2 aliphatic heterocycles. The molecule has 142 valence electrons. The zero-order valence-corrected chi connectivity index (χ0v) is 12.7. The van der Waals surface area contributed by atoms with Crippen molar-refractivity contribution in [1.29, 1.82) is 0 Å². The topological polar surface area (TPSA) is 105 Å². The van der Waals surface area contributed by atoms with Crippen LogP contribution >= 0.6 is 0 Å². The molecule has 0 bridgehead atoms. The van der Waals surface area contributed by atoms with Crippen LogP contribution in [0, 0.1) is 0 Å². The second-order valence-electron chi connectivity index (χ2n) is 4.66. The summed E-state index contributed by atoms with van der Waals surface area (Å²) in [4.78, 5) is 0. The third-order valence-electron chi connectivity index (χ3n) is 3.03. The van der Waals surface area contributed by atoms with Crippen LogP contribution in [0.2, 0.25) is 0 Å². The van der Waals surface area contributed by atoms with Gasteiger partial charge in [0, 0.05) is 0 Å². The van der Waals surface area contributed by atoms with Gasteiger partial charge in [0.2, 0.25) is 0 Å². The van der Waals surface area contributed by atoms with Gasteiger partial charge in [0.25, 0.3) is 0 Å². The monoisotopic (exact) mass is 410 g/mol. The minimum Gasteiger partial charge on any atom is -0.370 e. The molecule has 4 atom stereocenters. The molecular weight excluding hydrogens is 402 g/mol. The number of alkyl halides is 6. The summed E-state index contributed by atoms with van der Waals surface area (Å²) in [6, 6.07) is 0. The molecule has 8 nitrogen and oxygen atoms in total. The van der Waals surface area contributed by atoms with Gasteiger partial charge in [-0.1, -0.05) is 0 Å². The van der Waals surface area contributed by atoms with Gasteiger partial charge < -0.3 is 9.47 Å². The van der Waals surface area contributed by atoms with Gasteiger partial charge in [-0.2, -0.15) is 43.2 Å². The van der Waals surface area contributed by atoms with Gasteiger partial charge in [-0.25, -0.2) is 0 Å².